The van der Waals surface area contributed by atoms with Crippen molar-refractivity contribution in [1.82, 2.24) is 8.61 Å². The molecule has 2 rings (SSSR count). The third-order valence-corrected chi connectivity index (χ3v) is 6.27. The number of ether oxygens (including phenoxy) is 1. The van der Waals surface area contributed by atoms with Gasteiger partial charge in [-0.05, 0) is 18.8 Å². The molecule has 0 aromatic rings. The first-order valence-corrected chi connectivity index (χ1v) is 8.69. The summed E-state index contributed by atoms with van der Waals surface area (Å²) in [6.07, 6.45) is 4.02. The minimum Gasteiger partial charge on any atom is -0.469 e. The van der Waals surface area contributed by atoms with Crippen LogP contribution in [-0.4, -0.2) is 56.3 Å². The highest BCUT2D eigenvalue weighted by molar-refractivity contribution is 7.86. The maximum atomic E-state index is 12.6. The van der Waals surface area contributed by atoms with Crippen LogP contribution in [0.1, 0.15) is 32.6 Å². The number of rotatable bonds is 3. The number of hydrogen-bond donors (Lipinski definition) is 0. The Morgan fingerprint density at radius 3 is 2.20 bits per heavy atom. The van der Waals surface area contributed by atoms with E-state index in [1.54, 1.807) is 4.31 Å². The molecule has 2 heterocycles. The van der Waals surface area contributed by atoms with Crippen LogP contribution in [0.5, 0.6) is 0 Å². The van der Waals surface area contributed by atoms with Crippen molar-refractivity contribution in [2.75, 3.05) is 33.3 Å². The number of carbonyl (C=O) groups is 1. The highest BCUT2D eigenvalue weighted by Gasteiger charge is 2.42. The summed E-state index contributed by atoms with van der Waals surface area (Å²) in [6.45, 7) is 3.73. The van der Waals surface area contributed by atoms with Crippen molar-refractivity contribution in [2.45, 2.75) is 32.6 Å². The summed E-state index contributed by atoms with van der Waals surface area (Å²) in [5, 5.41) is 0. The van der Waals surface area contributed by atoms with Gasteiger partial charge >= 0.3 is 5.97 Å². The van der Waals surface area contributed by atoms with Crippen LogP contribution in [0.2, 0.25) is 0 Å². The molecule has 0 radical (unpaired) electrons. The highest BCUT2D eigenvalue weighted by atomic mass is 32.2. The molecule has 2 atom stereocenters. The molecule has 0 aromatic carbocycles. The lowest BCUT2D eigenvalue weighted by Gasteiger charge is -2.26. The average molecular weight is 304 g/mol. The summed E-state index contributed by atoms with van der Waals surface area (Å²) in [5.74, 6) is -0.656. The maximum absolute atomic E-state index is 12.6. The van der Waals surface area contributed by atoms with Gasteiger partial charge in [-0.3, -0.25) is 4.79 Å². The monoisotopic (exact) mass is 304 g/mol. The molecule has 2 aliphatic rings. The molecule has 2 saturated heterocycles. The Balaban J connectivity index is 2.08. The summed E-state index contributed by atoms with van der Waals surface area (Å²) in [5.41, 5.74) is 0. The normalized spacial score (nSPS) is 30.1. The van der Waals surface area contributed by atoms with Gasteiger partial charge in [0.25, 0.3) is 10.2 Å². The molecule has 2 aliphatic heterocycles. The number of esters is 1. The fourth-order valence-electron chi connectivity index (χ4n) is 3.00. The quantitative estimate of drug-likeness (QED) is 0.725. The van der Waals surface area contributed by atoms with Crippen LogP contribution in [0.4, 0.5) is 0 Å². The molecular weight excluding hydrogens is 280 g/mol. The smallest absolute Gasteiger partial charge is 0.310 e. The molecule has 0 aliphatic carbocycles. The molecule has 0 saturated carbocycles. The van der Waals surface area contributed by atoms with E-state index in [0.717, 1.165) is 25.7 Å². The first kappa shape index (κ1) is 15.7. The van der Waals surface area contributed by atoms with E-state index in [0.29, 0.717) is 19.6 Å². The topological polar surface area (TPSA) is 66.9 Å². The molecule has 0 N–H and O–H groups in total. The second-order valence-corrected chi connectivity index (χ2v) is 7.67. The van der Waals surface area contributed by atoms with E-state index in [9.17, 15) is 13.2 Å². The van der Waals surface area contributed by atoms with Gasteiger partial charge in [0.15, 0.2) is 0 Å². The first-order valence-electron chi connectivity index (χ1n) is 7.30. The van der Waals surface area contributed by atoms with Crippen LogP contribution in [0, 0.1) is 11.8 Å². The van der Waals surface area contributed by atoms with Crippen molar-refractivity contribution >= 4 is 16.2 Å². The van der Waals surface area contributed by atoms with Crippen molar-refractivity contribution in [3.05, 3.63) is 0 Å². The molecule has 7 heteroatoms. The molecule has 6 nitrogen and oxygen atoms in total. The largest absolute Gasteiger partial charge is 0.469 e. The van der Waals surface area contributed by atoms with Gasteiger partial charge in [0.2, 0.25) is 0 Å². The molecule has 116 valence electrons. The third-order valence-electron chi connectivity index (χ3n) is 4.30. The Hall–Kier alpha value is -0.660. The summed E-state index contributed by atoms with van der Waals surface area (Å²) in [6, 6.07) is 0. The number of nitrogens with zero attached hydrogens (tertiary/aromatic N) is 2. The Morgan fingerprint density at radius 2 is 1.65 bits per heavy atom. The van der Waals surface area contributed by atoms with E-state index in [1.165, 1.54) is 11.4 Å². The predicted octanol–water partition coefficient (Wildman–Crippen LogP) is 0.848. The molecular formula is C13H24N2O4S. The third kappa shape index (κ3) is 3.15. The minimum absolute atomic E-state index is 0.00389. The minimum atomic E-state index is -3.43. The maximum Gasteiger partial charge on any atom is 0.310 e. The molecule has 0 amide bonds. The van der Waals surface area contributed by atoms with Crippen LogP contribution in [0.25, 0.3) is 0 Å². The van der Waals surface area contributed by atoms with Crippen LogP contribution in [-0.2, 0) is 19.7 Å². The van der Waals surface area contributed by atoms with Crippen molar-refractivity contribution in [2.24, 2.45) is 11.8 Å². The van der Waals surface area contributed by atoms with Crippen molar-refractivity contribution in [3.63, 3.8) is 0 Å². The Morgan fingerprint density at radius 1 is 1.05 bits per heavy atom. The van der Waals surface area contributed by atoms with Crippen LogP contribution in [0.15, 0.2) is 0 Å². The van der Waals surface area contributed by atoms with Crippen LogP contribution < -0.4 is 0 Å². The van der Waals surface area contributed by atoms with Crippen LogP contribution in [0.3, 0.4) is 0 Å². The summed E-state index contributed by atoms with van der Waals surface area (Å²) in [7, 11) is -2.09. The van der Waals surface area contributed by atoms with E-state index in [-0.39, 0.29) is 24.3 Å². The molecule has 0 spiro atoms. The number of carbonyl (C=O) groups excluding carboxylic acids is 1. The van der Waals surface area contributed by atoms with Crippen molar-refractivity contribution < 1.29 is 17.9 Å². The number of hydrogen-bond acceptors (Lipinski definition) is 4. The second kappa shape index (κ2) is 6.41. The summed E-state index contributed by atoms with van der Waals surface area (Å²) >= 11 is 0. The van der Waals surface area contributed by atoms with Crippen molar-refractivity contribution in [1.29, 1.82) is 0 Å². The van der Waals surface area contributed by atoms with Crippen molar-refractivity contribution in [3.8, 4) is 0 Å². The van der Waals surface area contributed by atoms with E-state index < -0.39 is 10.2 Å². The van der Waals surface area contributed by atoms with E-state index in [2.05, 4.69) is 0 Å². The lowest BCUT2D eigenvalue weighted by atomic mass is 9.99. The lowest BCUT2D eigenvalue weighted by molar-refractivity contribution is -0.145. The van der Waals surface area contributed by atoms with Gasteiger partial charge in [-0.15, -0.1) is 0 Å². The predicted molar refractivity (Wildman–Crippen MR) is 75.2 cm³/mol. The zero-order chi connectivity index (χ0) is 14.8. The molecule has 2 unspecified atom stereocenters. The van der Waals surface area contributed by atoms with Gasteiger partial charge in [-0.2, -0.15) is 17.0 Å². The average Bonchev–Trinajstić information content (AvgIpc) is 2.66. The van der Waals surface area contributed by atoms with E-state index in [4.69, 9.17) is 4.74 Å². The first-order chi connectivity index (χ1) is 9.46. The Kier molecular flexibility index (Phi) is 5.04. The van der Waals surface area contributed by atoms with Gasteiger partial charge in [0.1, 0.15) is 0 Å². The Bertz CT molecular complexity index is 443. The van der Waals surface area contributed by atoms with Crippen LogP contribution >= 0.6 is 0 Å². The van der Waals surface area contributed by atoms with Gasteiger partial charge in [0, 0.05) is 26.2 Å². The van der Waals surface area contributed by atoms with Gasteiger partial charge in [0.05, 0.1) is 13.0 Å². The SMILES string of the molecule is COC(=O)C1CN(S(=O)(=O)N2CCCCCC2)CC1C. The van der Waals surface area contributed by atoms with Gasteiger partial charge < -0.3 is 4.74 Å². The zero-order valence-corrected chi connectivity index (χ0v) is 13.1. The fraction of sp³-hybridized carbons (Fsp3) is 0.923. The molecule has 2 fully saturated rings. The highest BCUT2D eigenvalue weighted by Crippen LogP contribution is 2.28. The summed E-state index contributed by atoms with van der Waals surface area (Å²) in [4.78, 5) is 11.7. The zero-order valence-electron chi connectivity index (χ0n) is 12.2. The van der Waals surface area contributed by atoms with E-state index in [1.807, 2.05) is 6.92 Å². The fourth-order valence-corrected chi connectivity index (χ4v) is 4.82. The standard InChI is InChI=1S/C13H24N2O4S/c1-11-9-15(10-12(11)13(16)19-2)20(17,18)14-7-5-3-4-6-8-14/h11-12H,3-10H2,1-2H3. The lowest BCUT2D eigenvalue weighted by Crippen LogP contribution is -2.43. The Labute approximate surface area is 121 Å². The second-order valence-electron chi connectivity index (χ2n) is 5.74. The molecule has 20 heavy (non-hydrogen) atoms. The molecule has 0 bridgehead atoms. The van der Waals surface area contributed by atoms with Gasteiger partial charge in [-0.25, -0.2) is 0 Å². The number of methoxy groups -OCH3 is 1. The molecule has 0 aromatic heterocycles. The van der Waals surface area contributed by atoms with E-state index >= 15 is 0 Å². The summed E-state index contributed by atoms with van der Waals surface area (Å²) < 4.78 is 33.1. The van der Waals surface area contributed by atoms with Gasteiger partial charge in [-0.1, -0.05) is 19.8 Å².